The largest absolute Gasteiger partial charge is 0.394 e. The van der Waals surface area contributed by atoms with Crippen LogP contribution in [0.1, 0.15) is 23.3 Å². The standard InChI is InChI=1S/C24H24FN5O4/c25-16-8-6-15(7-9-16)17(14-4-2-1-3-5-14)10-26-22-19-23(28-12-27-22)30(13-29-19)24-21(33)20(32)18(11-31)34-24/h1-9,12-13,17-18,20-21,24,31-33H,10-11H2,(H,26,27,28)/t17?,18-,20?,21?,24-/m1/s1. The summed E-state index contributed by atoms with van der Waals surface area (Å²) in [5.41, 5.74) is 2.88. The summed E-state index contributed by atoms with van der Waals surface area (Å²) in [4.78, 5) is 13.0. The topological polar surface area (TPSA) is 126 Å². The van der Waals surface area contributed by atoms with Gasteiger partial charge >= 0.3 is 0 Å². The minimum Gasteiger partial charge on any atom is -0.394 e. The van der Waals surface area contributed by atoms with Gasteiger partial charge in [-0.3, -0.25) is 4.57 Å². The average Bonchev–Trinajstić information content (AvgIpc) is 3.42. The molecule has 1 aliphatic heterocycles. The first kappa shape index (κ1) is 22.4. The first-order valence-corrected chi connectivity index (χ1v) is 10.9. The third-order valence-electron chi connectivity index (χ3n) is 6.10. The van der Waals surface area contributed by atoms with E-state index < -0.39 is 31.1 Å². The highest BCUT2D eigenvalue weighted by atomic mass is 19.1. The van der Waals surface area contributed by atoms with Gasteiger partial charge in [0.15, 0.2) is 23.2 Å². The zero-order valence-electron chi connectivity index (χ0n) is 18.1. The van der Waals surface area contributed by atoms with Gasteiger partial charge in [-0.2, -0.15) is 0 Å². The van der Waals surface area contributed by atoms with Crippen molar-refractivity contribution in [1.82, 2.24) is 19.5 Å². The van der Waals surface area contributed by atoms with Crippen LogP contribution in [0.5, 0.6) is 0 Å². The van der Waals surface area contributed by atoms with Crippen LogP contribution in [0.15, 0.2) is 67.3 Å². The normalized spacial score (nSPS) is 23.3. The van der Waals surface area contributed by atoms with Crippen molar-refractivity contribution in [2.24, 2.45) is 0 Å². The second kappa shape index (κ2) is 9.43. The predicted octanol–water partition coefficient (Wildman–Crippen LogP) is 1.82. The zero-order valence-corrected chi connectivity index (χ0v) is 18.1. The fourth-order valence-corrected chi connectivity index (χ4v) is 4.28. The van der Waals surface area contributed by atoms with Crippen LogP contribution in [0.3, 0.4) is 0 Å². The second-order valence-electron chi connectivity index (χ2n) is 8.17. The lowest BCUT2D eigenvalue weighted by atomic mass is 9.91. The third kappa shape index (κ3) is 4.12. The Bertz CT molecular complexity index is 1250. The summed E-state index contributed by atoms with van der Waals surface area (Å²) in [7, 11) is 0. The van der Waals surface area contributed by atoms with Gasteiger partial charge in [-0.1, -0.05) is 42.5 Å². The molecule has 34 heavy (non-hydrogen) atoms. The van der Waals surface area contributed by atoms with Crippen LogP contribution < -0.4 is 5.32 Å². The fraction of sp³-hybridized carbons (Fsp3) is 0.292. The van der Waals surface area contributed by atoms with Crippen LogP contribution >= 0.6 is 0 Å². The molecule has 2 aromatic carbocycles. The van der Waals surface area contributed by atoms with Crippen molar-refractivity contribution in [3.05, 3.63) is 84.2 Å². The number of imidazole rings is 1. The van der Waals surface area contributed by atoms with Gasteiger partial charge in [-0.05, 0) is 23.3 Å². The number of ether oxygens (including phenoxy) is 1. The SMILES string of the molecule is OC[C@H]1O[C@@H](n2cnc3c(NCC(c4ccccc4)c4ccc(F)cc4)ncnc32)C(O)C1O. The maximum absolute atomic E-state index is 13.5. The van der Waals surface area contributed by atoms with E-state index in [1.54, 1.807) is 12.1 Å². The van der Waals surface area contributed by atoms with E-state index in [9.17, 15) is 19.7 Å². The van der Waals surface area contributed by atoms with Gasteiger partial charge in [0.05, 0.1) is 12.9 Å². The molecule has 0 aliphatic carbocycles. The molecule has 1 saturated heterocycles. The second-order valence-corrected chi connectivity index (χ2v) is 8.17. The number of halogens is 1. The molecule has 1 fully saturated rings. The molecule has 2 aromatic heterocycles. The van der Waals surface area contributed by atoms with Gasteiger partial charge in [0.25, 0.3) is 0 Å². The minimum atomic E-state index is -1.25. The van der Waals surface area contributed by atoms with E-state index in [1.807, 2.05) is 30.3 Å². The molecule has 0 spiro atoms. The van der Waals surface area contributed by atoms with Crippen molar-refractivity contribution >= 4 is 17.0 Å². The van der Waals surface area contributed by atoms with Crippen LogP contribution in [-0.2, 0) is 4.74 Å². The molecule has 4 N–H and O–H groups in total. The van der Waals surface area contributed by atoms with E-state index in [2.05, 4.69) is 20.3 Å². The van der Waals surface area contributed by atoms with Crippen molar-refractivity contribution in [2.45, 2.75) is 30.5 Å². The molecule has 1 aliphatic rings. The van der Waals surface area contributed by atoms with Crippen LogP contribution in [0.2, 0.25) is 0 Å². The van der Waals surface area contributed by atoms with Crippen LogP contribution in [-0.4, -0.2) is 66.3 Å². The van der Waals surface area contributed by atoms with Crippen molar-refractivity contribution in [1.29, 1.82) is 0 Å². The Morgan fingerprint density at radius 1 is 0.971 bits per heavy atom. The van der Waals surface area contributed by atoms with Crippen LogP contribution in [0.4, 0.5) is 10.2 Å². The molecule has 0 amide bonds. The number of aromatic nitrogens is 4. The number of rotatable bonds is 7. The van der Waals surface area contributed by atoms with Crippen molar-refractivity contribution in [3.63, 3.8) is 0 Å². The molecule has 3 heterocycles. The molecule has 0 radical (unpaired) electrons. The van der Waals surface area contributed by atoms with Crippen molar-refractivity contribution < 1.29 is 24.4 Å². The van der Waals surface area contributed by atoms with Gasteiger partial charge in [-0.15, -0.1) is 0 Å². The molecular weight excluding hydrogens is 441 g/mol. The molecular formula is C24H24FN5O4. The Kier molecular flexibility index (Phi) is 6.20. The van der Waals surface area contributed by atoms with Crippen LogP contribution in [0, 0.1) is 5.82 Å². The molecule has 176 valence electrons. The maximum atomic E-state index is 13.5. The van der Waals surface area contributed by atoms with E-state index in [0.717, 1.165) is 11.1 Å². The highest BCUT2D eigenvalue weighted by Gasteiger charge is 2.44. The minimum absolute atomic E-state index is 0.0747. The molecule has 0 bridgehead atoms. The smallest absolute Gasteiger partial charge is 0.167 e. The van der Waals surface area contributed by atoms with E-state index >= 15 is 0 Å². The third-order valence-corrected chi connectivity index (χ3v) is 6.10. The number of aliphatic hydroxyl groups is 3. The number of nitrogens with zero attached hydrogens (tertiary/aromatic N) is 4. The van der Waals surface area contributed by atoms with Crippen LogP contribution in [0.25, 0.3) is 11.2 Å². The lowest BCUT2D eigenvalue weighted by molar-refractivity contribution is -0.0511. The molecule has 9 nitrogen and oxygen atoms in total. The number of fused-ring (bicyclic) bond motifs is 1. The number of nitrogens with one attached hydrogen (secondary N) is 1. The Morgan fingerprint density at radius 2 is 1.71 bits per heavy atom. The highest BCUT2D eigenvalue weighted by molar-refractivity contribution is 5.82. The van der Waals surface area contributed by atoms with E-state index in [0.29, 0.717) is 23.5 Å². The maximum Gasteiger partial charge on any atom is 0.167 e. The number of anilines is 1. The lowest BCUT2D eigenvalue weighted by Gasteiger charge is -2.19. The Balaban J connectivity index is 1.43. The van der Waals surface area contributed by atoms with Crippen molar-refractivity contribution in [2.75, 3.05) is 18.5 Å². The Hall–Kier alpha value is -3.44. The molecule has 3 unspecified atom stereocenters. The van der Waals surface area contributed by atoms with E-state index in [-0.39, 0.29) is 11.7 Å². The number of benzene rings is 2. The molecule has 10 heteroatoms. The van der Waals surface area contributed by atoms with Gasteiger partial charge in [0.1, 0.15) is 30.5 Å². The molecule has 5 atom stereocenters. The number of hydrogen-bond donors (Lipinski definition) is 4. The first-order valence-electron chi connectivity index (χ1n) is 10.9. The fourth-order valence-electron chi connectivity index (χ4n) is 4.28. The number of aliphatic hydroxyl groups excluding tert-OH is 3. The monoisotopic (exact) mass is 465 g/mol. The quantitative estimate of drug-likeness (QED) is 0.326. The summed E-state index contributed by atoms with van der Waals surface area (Å²) in [5.74, 6) is 0.115. The molecule has 4 aromatic rings. The average molecular weight is 465 g/mol. The number of hydrogen-bond acceptors (Lipinski definition) is 8. The summed E-state index contributed by atoms with van der Waals surface area (Å²) in [6.45, 7) is 0.0376. The predicted molar refractivity (Wildman–Crippen MR) is 122 cm³/mol. The first-order chi connectivity index (χ1) is 16.6. The zero-order chi connectivity index (χ0) is 23.7. The Labute approximate surface area is 194 Å². The summed E-state index contributed by atoms with van der Waals surface area (Å²) in [5, 5.41) is 33.2. The highest BCUT2D eigenvalue weighted by Crippen LogP contribution is 2.32. The van der Waals surface area contributed by atoms with Gasteiger partial charge in [0, 0.05) is 12.5 Å². The van der Waals surface area contributed by atoms with E-state index in [1.165, 1.54) is 29.4 Å². The lowest BCUT2D eigenvalue weighted by Crippen LogP contribution is -2.33. The van der Waals surface area contributed by atoms with E-state index in [4.69, 9.17) is 4.74 Å². The van der Waals surface area contributed by atoms with Gasteiger partial charge in [0.2, 0.25) is 0 Å². The summed E-state index contributed by atoms with van der Waals surface area (Å²) < 4.78 is 20.6. The summed E-state index contributed by atoms with van der Waals surface area (Å²) >= 11 is 0. The summed E-state index contributed by atoms with van der Waals surface area (Å²) in [6, 6.07) is 16.3. The summed E-state index contributed by atoms with van der Waals surface area (Å²) in [6.07, 6.45) is -1.49. The molecule has 5 rings (SSSR count). The Morgan fingerprint density at radius 3 is 2.41 bits per heavy atom. The van der Waals surface area contributed by atoms with Gasteiger partial charge < -0.3 is 25.4 Å². The van der Waals surface area contributed by atoms with Gasteiger partial charge in [-0.25, -0.2) is 19.3 Å². The molecule has 0 saturated carbocycles. The van der Waals surface area contributed by atoms with Crippen molar-refractivity contribution in [3.8, 4) is 0 Å².